The lowest BCUT2D eigenvalue weighted by atomic mass is 10.1. The van der Waals surface area contributed by atoms with E-state index in [0.29, 0.717) is 6.42 Å². The molecule has 0 saturated carbocycles. The molecule has 1 aromatic heterocycles. The number of rotatable bonds is 11. The number of amides is 1. The van der Waals surface area contributed by atoms with Gasteiger partial charge in [-0.3, -0.25) is 14.6 Å². The van der Waals surface area contributed by atoms with Gasteiger partial charge in [0.2, 0.25) is 15.9 Å². The summed E-state index contributed by atoms with van der Waals surface area (Å²) in [4.78, 5) is 40.3. The standard InChI is InChI=1S/C27H31N3O8S/c1-27(2,3)38-24(31)16-21(25(28)32)30-39(34,35)23-11-10-18(26(33)36-4)15-22(23)37-14-12-17-7-5-9-20-19(17)8-6-13-29-20/h5-11,13,15,21,30H,12,14,16H2,1-4H3,(H2,28,32)/t21-/m0/s1. The van der Waals surface area contributed by atoms with Crippen LogP contribution < -0.4 is 15.2 Å². The molecule has 0 aliphatic heterocycles. The van der Waals surface area contributed by atoms with Crippen molar-refractivity contribution < 1.29 is 37.0 Å². The van der Waals surface area contributed by atoms with Crippen molar-refractivity contribution in [2.75, 3.05) is 13.7 Å². The zero-order valence-corrected chi connectivity index (χ0v) is 22.9. The van der Waals surface area contributed by atoms with E-state index in [1.807, 2.05) is 30.3 Å². The number of benzene rings is 2. The van der Waals surface area contributed by atoms with Crippen LogP contribution in [0.3, 0.4) is 0 Å². The highest BCUT2D eigenvalue weighted by atomic mass is 32.2. The number of nitrogens with zero attached hydrogens (tertiary/aromatic N) is 1. The summed E-state index contributed by atoms with van der Waals surface area (Å²) in [6.45, 7) is 4.96. The zero-order chi connectivity index (χ0) is 28.8. The third-order valence-electron chi connectivity index (χ3n) is 5.45. The Morgan fingerprint density at radius 2 is 1.82 bits per heavy atom. The van der Waals surface area contributed by atoms with Crippen molar-refractivity contribution in [3.63, 3.8) is 0 Å². The van der Waals surface area contributed by atoms with Crippen LogP contribution in [0.25, 0.3) is 10.9 Å². The number of nitrogens with two attached hydrogens (primary N) is 1. The van der Waals surface area contributed by atoms with Crippen molar-refractivity contribution in [2.45, 2.75) is 50.2 Å². The van der Waals surface area contributed by atoms with Gasteiger partial charge in [-0.1, -0.05) is 18.2 Å². The third-order valence-corrected chi connectivity index (χ3v) is 6.96. The molecule has 3 N–H and O–H groups in total. The Morgan fingerprint density at radius 3 is 2.49 bits per heavy atom. The van der Waals surface area contributed by atoms with Gasteiger partial charge in [-0.15, -0.1) is 0 Å². The van der Waals surface area contributed by atoms with Crippen LogP contribution in [0.2, 0.25) is 0 Å². The van der Waals surface area contributed by atoms with Crippen LogP contribution in [0, 0.1) is 0 Å². The van der Waals surface area contributed by atoms with Gasteiger partial charge < -0.3 is 19.9 Å². The third kappa shape index (κ3) is 7.98. The summed E-state index contributed by atoms with van der Waals surface area (Å²) in [7, 11) is -3.26. The van der Waals surface area contributed by atoms with Crippen LogP contribution in [-0.2, 0) is 35.5 Å². The van der Waals surface area contributed by atoms with Crippen LogP contribution in [0.1, 0.15) is 43.1 Å². The summed E-state index contributed by atoms with van der Waals surface area (Å²) in [5.41, 5.74) is 6.32. The molecule has 1 heterocycles. The highest BCUT2D eigenvalue weighted by Gasteiger charge is 2.31. The average Bonchev–Trinajstić information content (AvgIpc) is 2.86. The molecule has 0 aliphatic rings. The van der Waals surface area contributed by atoms with Crippen molar-refractivity contribution in [2.24, 2.45) is 5.73 Å². The maximum atomic E-state index is 13.3. The van der Waals surface area contributed by atoms with Gasteiger partial charge in [0.15, 0.2) is 0 Å². The zero-order valence-electron chi connectivity index (χ0n) is 22.1. The van der Waals surface area contributed by atoms with Gasteiger partial charge in [0.05, 0.1) is 31.2 Å². The number of sulfonamides is 1. The lowest BCUT2D eigenvalue weighted by Crippen LogP contribution is -2.46. The molecular weight excluding hydrogens is 526 g/mol. The molecule has 0 bridgehead atoms. The van der Waals surface area contributed by atoms with Gasteiger partial charge >= 0.3 is 11.9 Å². The number of methoxy groups -OCH3 is 1. The first kappa shape index (κ1) is 29.5. The molecule has 1 amide bonds. The maximum Gasteiger partial charge on any atom is 0.337 e. The molecule has 0 saturated heterocycles. The highest BCUT2D eigenvalue weighted by molar-refractivity contribution is 7.89. The number of carbonyl (C=O) groups is 3. The van der Waals surface area contributed by atoms with E-state index in [1.54, 1.807) is 27.0 Å². The number of primary amides is 1. The molecule has 0 radical (unpaired) electrons. The smallest absolute Gasteiger partial charge is 0.337 e. The summed E-state index contributed by atoms with van der Waals surface area (Å²) in [6, 6.07) is 11.4. The molecule has 1 atom stereocenters. The van der Waals surface area contributed by atoms with Crippen molar-refractivity contribution in [1.82, 2.24) is 9.71 Å². The Kier molecular flexibility index (Phi) is 9.25. The first-order valence-corrected chi connectivity index (χ1v) is 13.5. The van der Waals surface area contributed by atoms with Gasteiger partial charge in [0, 0.05) is 18.0 Å². The molecule has 2 aromatic carbocycles. The van der Waals surface area contributed by atoms with Crippen LogP contribution in [0.4, 0.5) is 0 Å². The van der Waals surface area contributed by atoms with E-state index in [0.717, 1.165) is 22.5 Å². The Morgan fingerprint density at radius 1 is 1.08 bits per heavy atom. The normalized spacial score (nSPS) is 12.5. The number of carbonyl (C=O) groups excluding carboxylic acids is 3. The van der Waals surface area contributed by atoms with Gasteiger partial charge in [0.1, 0.15) is 22.3 Å². The number of fused-ring (bicyclic) bond motifs is 1. The van der Waals surface area contributed by atoms with E-state index in [-0.39, 0.29) is 22.8 Å². The Balaban J connectivity index is 1.87. The van der Waals surface area contributed by atoms with E-state index in [1.165, 1.54) is 19.2 Å². The molecule has 3 aromatic rings. The van der Waals surface area contributed by atoms with Gasteiger partial charge in [-0.2, -0.15) is 4.72 Å². The molecule has 0 fully saturated rings. The molecule has 12 heteroatoms. The van der Waals surface area contributed by atoms with Crippen molar-refractivity contribution in [1.29, 1.82) is 0 Å². The van der Waals surface area contributed by atoms with Crippen LogP contribution >= 0.6 is 0 Å². The number of nitrogens with one attached hydrogen (secondary N) is 1. The van der Waals surface area contributed by atoms with Crippen LogP contribution in [0.15, 0.2) is 59.6 Å². The quantitative estimate of drug-likeness (QED) is 0.337. The largest absolute Gasteiger partial charge is 0.492 e. The van der Waals surface area contributed by atoms with E-state index in [9.17, 15) is 22.8 Å². The minimum atomic E-state index is -4.45. The molecule has 39 heavy (non-hydrogen) atoms. The number of ether oxygens (including phenoxy) is 3. The fourth-order valence-corrected chi connectivity index (χ4v) is 5.08. The van der Waals surface area contributed by atoms with Gasteiger partial charge in [0.25, 0.3) is 0 Å². The molecule has 0 spiro atoms. The van der Waals surface area contributed by atoms with Crippen LogP contribution in [-0.4, -0.2) is 56.6 Å². The number of hydrogen-bond donors (Lipinski definition) is 2. The number of aromatic nitrogens is 1. The number of esters is 2. The monoisotopic (exact) mass is 557 g/mol. The first-order chi connectivity index (χ1) is 18.3. The van der Waals surface area contributed by atoms with Crippen molar-refractivity contribution >= 4 is 38.8 Å². The topological polar surface area (TPSA) is 164 Å². The van der Waals surface area contributed by atoms with Gasteiger partial charge in [-0.25, -0.2) is 13.2 Å². The van der Waals surface area contributed by atoms with Crippen molar-refractivity contribution in [3.8, 4) is 5.75 Å². The number of hydrogen-bond acceptors (Lipinski definition) is 9. The minimum Gasteiger partial charge on any atom is -0.492 e. The number of pyridine rings is 1. The molecule has 0 unspecified atom stereocenters. The summed E-state index contributed by atoms with van der Waals surface area (Å²) < 4.78 is 44.6. The molecular formula is C27H31N3O8S. The first-order valence-electron chi connectivity index (χ1n) is 12.0. The fourth-order valence-electron chi connectivity index (χ4n) is 3.74. The van der Waals surface area contributed by atoms with Gasteiger partial charge in [-0.05, 0) is 56.7 Å². The Labute approximate surface area is 226 Å². The predicted octanol–water partition coefficient (Wildman–Crippen LogP) is 2.51. The van der Waals surface area contributed by atoms with E-state index >= 15 is 0 Å². The summed E-state index contributed by atoms with van der Waals surface area (Å²) in [6.07, 6.45) is 1.48. The molecule has 3 rings (SSSR count). The maximum absolute atomic E-state index is 13.3. The lowest BCUT2D eigenvalue weighted by molar-refractivity contribution is -0.156. The summed E-state index contributed by atoms with van der Waals surface area (Å²) in [5, 5.41) is 0.924. The minimum absolute atomic E-state index is 0.0539. The predicted molar refractivity (Wildman–Crippen MR) is 142 cm³/mol. The summed E-state index contributed by atoms with van der Waals surface area (Å²) >= 11 is 0. The molecule has 0 aliphatic carbocycles. The fraction of sp³-hybridized carbons (Fsp3) is 0.333. The Bertz CT molecular complexity index is 1480. The molecule has 208 valence electrons. The Hall–Kier alpha value is -4.03. The van der Waals surface area contributed by atoms with E-state index < -0.39 is 45.9 Å². The van der Waals surface area contributed by atoms with Crippen molar-refractivity contribution in [3.05, 3.63) is 65.9 Å². The van der Waals surface area contributed by atoms with E-state index in [2.05, 4.69) is 9.71 Å². The second-order valence-corrected chi connectivity index (χ2v) is 11.3. The molecule has 11 nitrogen and oxygen atoms in total. The highest BCUT2D eigenvalue weighted by Crippen LogP contribution is 2.27. The second kappa shape index (κ2) is 12.2. The average molecular weight is 558 g/mol. The van der Waals surface area contributed by atoms with Crippen LogP contribution in [0.5, 0.6) is 5.75 Å². The second-order valence-electron chi connectivity index (χ2n) is 9.61. The van der Waals surface area contributed by atoms with E-state index in [4.69, 9.17) is 19.9 Å². The summed E-state index contributed by atoms with van der Waals surface area (Å²) in [5.74, 6) is -2.72. The SMILES string of the molecule is COC(=O)c1ccc(S(=O)(=O)N[C@@H](CC(=O)OC(C)(C)C)C(N)=O)c(OCCc2cccc3ncccc23)c1. The lowest BCUT2D eigenvalue weighted by Gasteiger charge is -2.22.